The summed E-state index contributed by atoms with van der Waals surface area (Å²) < 4.78 is 0. The molecule has 1 rings (SSSR count). The zero-order valence-corrected chi connectivity index (χ0v) is 5.33. The molecule has 0 atom stereocenters. The molecule has 10 heavy (non-hydrogen) atoms. The van der Waals surface area contributed by atoms with E-state index in [1.54, 1.807) is 0 Å². The van der Waals surface area contributed by atoms with Crippen molar-refractivity contribution in [3.05, 3.63) is 0 Å². The molecule has 58 valence electrons. The molecule has 1 saturated heterocycles. The molecule has 0 bridgehead atoms. The fourth-order valence-corrected chi connectivity index (χ4v) is 0.850. The van der Waals surface area contributed by atoms with Crippen molar-refractivity contribution in [2.75, 3.05) is 6.54 Å². The van der Waals surface area contributed by atoms with Gasteiger partial charge in [0.2, 0.25) is 5.91 Å². The average molecular weight is 147 g/mol. The van der Waals surface area contributed by atoms with Crippen LogP contribution < -0.4 is 0 Å². The van der Waals surface area contributed by atoms with Gasteiger partial charge in [-0.2, -0.15) is 0 Å². The molecule has 0 aliphatic carbocycles. The van der Waals surface area contributed by atoms with Crippen LogP contribution in [0, 0.1) is 0 Å². The molecule has 1 fully saturated rings. The standard InChI is InChI=1S/C5H7NO3.H2O/c7-4-2-1-3-6(4)5(8)9;/h1-3H2,(H,8,9);1H2. The predicted molar refractivity (Wildman–Crippen MR) is 32.6 cm³/mol. The number of carboxylic acid groups (broad SMARTS) is 1. The summed E-state index contributed by atoms with van der Waals surface area (Å²) >= 11 is 0. The minimum Gasteiger partial charge on any atom is -0.465 e. The number of carbonyl (C=O) groups is 2. The summed E-state index contributed by atoms with van der Waals surface area (Å²) in [6.45, 7) is 0.369. The summed E-state index contributed by atoms with van der Waals surface area (Å²) in [7, 11) is 0. The van der Waals surface area contributed by atoms with Gasteiger partial charge < -0.3 is 10.6 Å². The maximum absolute atomic E-state index is 10.6. The molecule has 3 N–H and O–H groups in total. The second-order valence-corrected chi connectivity index (χ2v) is 1.93. The molecule has 5 nitrogen and oxygen atoms in total. The van der Waals surface area contributed by atoms with Crippen molar-refractivity contribution in [1.29, 1.82) is 0 Å². The van der Waals surface area contributed by atoms with Gasteiger partial charge in [0.1, 0.15) is 0 Å². The molecule has 2 amide bonds. The molecule has 0 aromatic carbocycles. The zero-order valence-electron chi connectivity index (χ0n) is 5.33. The van der Waals surface area contributed by atoms with Crippen LogP contribution in [0.2, 0.25) is 0 Å². The first-order chi connectivity index (χ1) is 4.22. The van der Waals surface area contributed by atoms with Crippen LogP contribution in [0.3, 0.4) is 0 Å². The van der Waals surface area contributed by atoms with E-state index in [1.165, 1.54) is 0 Å². The summed E-state index contributed by atoms with van der Waals surface area (Å²) in [5, 5.41) is 8.29. The summed E-state index contributed by atoms with van der Waals surface area (Å²) in [5.74, 6) is -0.275. The van der Waals surface area contributed by atoms with Gasteiger partial charge in [-0.1, -0.05) is 0 Å². The molecule has 1 heterocycles. The van der Waals surface area contributed by atoms with Gasteiger partial charge in [0, 0.05) is 13.0 Å². The van der Waals surface area contributed by atoms with E-state index < -0.39 is 6.09 Å². The van der Waals surface area contributed by atoms with Crippen molar-refractivity contribution >= 4 is 12.0 Å². The molecule has 1 aliphatic rings. The first kappa shape index (κ1) is 8.90. The smallest absolute Gasteiger partial charge is 0.414 e. The molecule has 0 aromatic heterocycles. The van der Waals surface area contributed by atoms with Crippen LogP contribution in [0.15, 0.2) is 0 Å². The Morgan fingerprint density at radius 2 is 2.20 bits per heavy atom. The summed E-state index contributed by atoms with van der Waals surface area (Å²) in [4.78, 5) is 21.5. The molecule has 0 spiro atoms. The van der Waals surface area contributed by atoms with E-state index in [9.17, 15) is 9.59 Å². The number of imide groups is 1. The minimum atomic E-state index is -1.13. The monoisotopic (exact) mass is 147 g/mol. The van der Waals surface area contributed by atoms with E-state index in [2.05, 4.69) is 0 Å². The van der Waals surface area contributed by atoms with Gasteiger partial charge in [-0.15, -0.1) is 0 Å². The van der Waals surface area contributed by atoms with E-state index >= 15 is 0 Å². The topological polar surface area (TPSA) is 89.1 Å². The number of amides is 2. The maximum Gasteiger partial charge on any atom is 0.414 e. The van der Waals surface area contributed by atoms with Crippen molar-refractivity contribution < 1.29 is 20.2 Å². The highest BCUT2D eigenvalue weighted by Crippen LogP contribution is 2.08. The predicted octanol–water partition coefficient (Wildman–Crippen LogP) is -0.538. The number of nitrogens with zero attached hydrogens (tertiary/aromatic N) is 1. The second kappa shape index (κ2) is 3.17. The lowest BCUT2D eigenvalue weighted by Gasteiger charge is -2.05. The summed E-state index contributed by atoms with van der Waals surface area (Å²) in [5.41, 5.74) is 0. The van der Waals surface area contributed by atoms with Gasteiger partial charge in [0.05, 0.1) is 0 Å². The van der Waals surface area contributed by atoms with Crippen LogP contribution in [0.4, 0.5) is 4.79 Å². The lowest BCUT2D eigenvalue weighted by molar-refractivity contribution is -0.125. The maximum atomic E-state index is 10.6. The van der Waals surface area contributed by atoms with Gasteiger partial charge in [-0.05, 0) is 6.42 Å². The van der Waals surface area contributed by atoms with Crippen molar-refractivity contribution in [2.24, 2.45) is 0 Å². The normalized spacial score (nSPS) is 16.8. The van der Waals surface area contributed by atoms with E-state index in [0.29, 0.717) is 19.4 Å². The van der Waals surface area contributed by atoms with Crippen LogP contribution in [0.25, 0.3) is 0 Å². The Kier molecular flexibility index (Phi) is 2.82. The molecule has 5 heteroatoms. The van der Waals surface area contributed by atoms with E-state index in [4.69, 9.17) is 5.11 Å². The molecule has 0 radical (unpaired) electrons. The average Bonchev–Trinajstić information content (AvgIpc) is 2.13. The summed E-state index contributed by atoms with van der Waals surface area (Å²) in [6.07, 6.45) is -0.0743. The number of rotatable bonds is 0. The molecule has 0 saturated carbocycles. The number of likely N-dealkylation sites (tertiary alicyclic amines) is 1. The zero-order chi connectivity index (χ0) is 6.85. The van der Waals surface area contributed by atoms with Crippen LogP contribution in [0.5, 0.6) is 0 Å². The SMILES string of the molecule is O.O=C(O)N1CCCC1=O. The molecule has 0 aromatic rings. The Morgan fingerprint density at radius 3 is 2.40 bits per heavy atom. The summed E-state index contributed by atoms with van der Waals surface area (Å²) in [6, 6.07) is 0. The van der Waals surface area contributed by atoms with Crippen LogP contribution in [-0.2, 0) is 4.79 Å². The third-order valence-electron chi connectivity index (χ3n) is 1.30. The number of hydrogen-bond acceptors (Lipinski definition) is 2. The third-order valence-corrected chi connectivity index (χ3v) is 1.30. The Balaban J connectivity index is 0.000000810. The van der Waals surface area contributed by atoms with E-state index in [1.807, 2.05) is 0 Å². The number of carbonyl (C=O) groups excluding carboxylic acids is 1. The Morgan fingerprint density at radius 1 is 1.60 bits per heavy atom. The van der Waals surface area contributed by atoms with Gasteiger partial charge in [0.25, 0.3) is 0 Å². The minimum absolute atomic E-state index is 0. The van der Waals surface area contributed by atoms with Crippen LogP contribution in [-0.4, -0.2) is 34.0 Å². The Hall–Kier alpha value is -1.10. The first-order valence-corrected chi connectivity index (χ1v) is 2.75. The van der Waals surface area contributed by atoms with E-state index in [-0.39, 0.29) is 11.4 Å². The van der Waals surface area contributed by atoms with Gasteiger partial charge in [-0.3, -0.25) is 4.79 Å². The Labute approximate surface area is 57.6 Å². The fourth-order valence-electron chi connectivity index (χ4n) is 0.850. The lowest BCUT2D eigenvalue weighted by atomic mass is 10.4. The Bertz CT molecular complexity index is 156. The molecule has 0 unspecified atom stereocenters. The van der Waals surface area contributed by atoms with Crippen molar-refractivity contribution in [3.8, 4) is 0 Å². The van der Waals surface area contributed by atoms with Crippen molar-refractivity contribution in [3.63, 3.8) is 0 Å². The second-order valence-electron chi connectivity index (χ2n) is 1.93. The van der Waals surface area contributed by atoms with Crippen LogP contribution >= 0.6 is 0 Å². The fraction of sp³-hybridized carbons (Fsp3) is 0.600. The lowest BCUT2D eigenvalue weighted by Crippen LogP contribution is -2.29. The van der Waals surface area contributed by atoms with Crippen molar-refractivity contribution in [1.82, 2.24) is 4.90 Å². The molecular weight excluding hydrogens is 138 g/mol. The quantitative estimate of drug-likeness (QED) is 0.499. The van der Waals surface area contributed by atoms with Crippen molar-refractivity contribution in [2.45, 2.75) is 12.8 Å². The first-order valence-electron chi connectivity index (χ1n) is 2.75. The van der Waals surface area contributed by atoms with Gasteiger partial charge >= 0.3 is 6.09 Å². The highest BCUT2D eigenvalue weighted by Gasteiger charge is 2.25. The highest BCUT2D eigenvalue weighted by molar-refractivity contribution is 5.92. The van der Waals surface area contributed by atoms with E-state index in [0.717, 1.165) is 4.90 Å². The van der Waals surface area contributed by atoms with Gasteiger partial charge in [0.15, 0.2) is 0 Å². The largest absolute Gasteiger partial charge is 0.465 e. The van der Waals surface area contributed by atoms with Crippen LogP contribution in [0.1, 0.15) is 12.8 Å². The van der Waals surface area contributed by atoms with Gasteiger partial charge in [-0.25, -0.2) is 9.69 Å². The molecular formula is C5H9NO4. The third kappa shape index (κ3) is 1.44. The highest BCUT2D eigenvalue weighted by atomic mass is 16.4. The molecule has 1 aliphatic heterocycles. The number of hydrogen-bond donors (Lipinski definition) is 1.